The van der Waals surface area contributed by atoms with Gasteiger partial charge in [-0.05, 0) is 35.7 Å². The lowest BCUT2D eigenvalue weighted by Gasteiger charge is -2.10. The van der Waals surface area contributed by atoms with Gasteiger partial charge in [0.25, 0.3) is 0 Å². The summed E-state index contributed by atoms with van der Waals surface area (Å²) in [6.45, 7) is 4.50. The van der Waals surface area contributed by atoms with Gasteiger partial charge in [0, 0.05) is 17.4 Å². The summed E-state index contributed by atoms with van der Waals surface area (Å²) >= 11 is 0. The van der Waals surface area contributed by atoms with Crippen LogP contribution in [0.1, 0.15) is 25.3 Å². The van der Waals surface area contributed by atoms with E-state index >= 15 is 0 Å². The summed E-state index contributed by atoms with van der Waals surface area (Å²) in [7, 11) is 1.62. The molecule has 2 aromatic rings. The van der Waals surface area contributed by atoms with E-state index in [0.717, 1.165) is 17.1 Å². The Kier molecular flexibility index (Phi) is 5.42. The average molecular weight is 298 g/mol. The average Bonchev–Trinajstić information content (AvgIpc) is 2.53. The second-order valence-electron chi connectivity index (χ2n) is 5.41. The molecule has 0 aliphatic carbocycles. The standard InChI is InChI=1S/C18H22N2O2/c1-13(2)14-7-9-15(10-8-14)20-18(21)12-19-16-5-4-6-17(11-16)22-3/h4-11,13,19H,12H2,1-3H3,(H,20,21). The van der Waals surface area contributed by atoms with Crippen LogP contribution in [-0.2, 0) is 4.79 Å². The molecule has 2 rings (SSSR count). The minimum Gasteiger partial charge on any atom is -0.497 e. The van der Waals surface area contributed by atoms with Crippen LogP contribution in [0, 0.1) is 0 Å². The van der Waals surface area contributed by atoms with Gasteiger partial charge in [0.05, 0.1) is 13.7 Å². The summed E-state index contributed by atoms with van der Waals surface area (Å²) in [5, 5.41) is 5.95. The van der Waals surface area contributed by atoms with E-state index in [0.29, 0.717) is 5.92 Å². The van der Waals surface area contributed by atoms with Gasteiger partial charge in [-0.1, -0.05) is 32.0 Å². The van der Waals surface area contributed by atoms with E-state index in [2.05, 4.69) is 24.5 Å². The highest BCUT2D eigenvalue weighted by molar-refractivity contribution is 5.93. The Balaban J connectivity index is 1.87. The largest absolute Gasteiger partial charge is 0.497 e. The number of nitrogens with one attached hydrogen (secondary N) is 2. The first-order valence-corrected chi connectivity index (χ1v) is 7.36. The molecule has 2 aromatic carbocycles. The van der Waals surface area contributed by atoms with E-state index in [1.54, 1.807) is 7.11 Å². The number of hydrogen-bond donors (Lipinski definition) is 2. The summed E-state index contributed by atoms with van der Waals surface area (Å²) in [6.07, 6.45) is 0. The maximum Gasteiger partial charge on any atom is 0.243 e. The molecule has 0 fully saturated rings. The van der Waals surface area contributed by atoms with Gasteiger partial charge in [0.1, 0.15) is 5.75 Å². The zero-order chi connectivity index (χ0) is 15.9. The Labute approximate surface area is 131 Å². The smallest absolute Gasteiger partial charge is 0.243 e. The number of anilines is 2. The normalized spacial score (nSPS) is 10.4. The van der Waals surface area contributed by atoms with Crippen molar-refractivity contribution in [3.8, 4) is 5.75 Å². The van der Waals surface area contributed by atoms with E-state index in [4.69, 9.17) is 4.74 Å². The molecule has 0 bridgehead atoms. The maximum atomic E-state index is 12.0. The SMILES string of the molecule is COc1cccc(NCC(=O)Nc2ccc(C(C)C)cc2)c1. The summed E-state index contributed by atoms with van der Waals surface area (Å²) in [4.78, 5) is 12.0. The summed E-state index contributed by atoms with van der Waals surface area (Å²) in [6, 6.07) is 15.4. The van der Waals surface area contributed by atoms with Gasteiger partial charge in [0.2, 0.25) is 5.91 Å². The van der Waals surface area contributed by atoms with Gasteiger partial charge in [-0.15, -0.1) is 0 Å². The molecule has 0 aliphatic rings. The molecule has 0 atom stereocenters. The zero-order valence-corrected chi connectivity index (χ0v) is 13.2. The van der Waals surface area contributed by atoms with Gasteiger partial charge in [-0.3, -0.25) is 4.79 Å². The molecule has 0 aliphatic heterocycles. The topological polar surface area (TPSA) is 50.4 Å². The number of carbonyl (C=O) groups excluding carboxylic acids is 1. The van der Waals surface area contributed by atoms with Crippen LogP contribution in [0.2, 0.25) is 0 Å². The van der Waals surface area contributed by atoms with Gasteiger partial charge in [-0.25, -0.2) is 0 Å². The molecular formula is C18H22N2O2. The predicted molar refractivity (Wildman–Crippen MR) is 90.6 cm³/mol. The Hall–Kier alpha value is -2.49. The van der Waals surface area contributed by atoms with E-state index in [1.165, 1.54) is 5.56 Å². The number of hydrogen-bond acceptors (Lipinski definition) is 3. The third-order valence-corrected chi connectivity index (χ3v) is 3.38. The molecule has 0 saturated carbocycles. The van der Waals surface area contributed by atoms with Crippen LogP contribution in [0.4, 0.5) is 11.4 Å². The summed E-state index contributed by atoms with van der Waals surface area (Å²) < 4.78 is 5.15. The first kappa shape index (κ1) is 15.9. The van der Waals surface area contributed by atoms with Gasteiger partial charge < -0.3 is 15.4 Å². The van der Waals surface area contributed by atoms with Gasteiger partial charge in [0.15, 0.2) is 0 Å². The highest BCUT2D eigenvalue weighted by Crippen LogP contribution is 2.18. The van der Waals surface area contributed by atoms with Crippen molar-refractivity contribution in [1.82, 2.24) is 0 Å². The number of rotatable bonds is 6. The minimum atomic E-state index is -0.0832. The van der Waals surface area contributed by atoms with Crippen LogP contribution >= 0.6 is 0 Å². The first-order chi connectivity index (χ1) is 10.6. The fraction of sp³-hybridized carbons (Fsp3) is 0.278. The van der Waals surface area contributed by atoms with E-state index < -0.39 is 0 Å². The lowest BCUT2D eigenvalue weighted by molar-refractivity contribution is -0.114. The van der Waals surface area contributed by atoms with Crippen molar-refractivity contribution < 1.29 is 9.53 Å². The predicted octanol–water partition coefficient (Wildman–Crippen LogP) is 3.87. The van der Waals surface area contributed by atoms with Crippen LogP contribution in [0.25, 0.3) is 0 Å². The van der Waals surface area contributed by atoms with Crippen molar-refractivity contribution in [2.45, 2.75) is 19.8 Å². The lowest BCUT2D eigenvalue weighted by Crippen LogP contribution is -2.21. The van der Waals surface area contributed by atoms with E-state index in [9.17, 15) is 4.79 Å². The Morgan fingerprint density at radius 3 is 2.45 bits per heavy atom. The van der Waals surface area contributed by atoms with Crippen molar-refractivity contribution in [2.24, 2.45) is 0 Å². The highest BCUT2D eigenvalue weighted by Gasteiger charge is 2.04. The molecule has 0 heterocycles. The zero-order valence-electron chi connectivity index (χ0n) is 13.2. The number of amides is 1. The van der Waals surface area contributed by atoms with Crippen molar-refractivity contribution in [2.75, 3.05) is 24.3 Å². The lowest BCUT2D eigenvalue weighted by atomic mass is 10.0. The quantitative estimate of drug-likeness (QED) is 0.851. The molecule has 0 unspecified atom stereocenters. The fourth-order valence-electron chi connectivity index (χ4n) is 2.07. The van der Waals surface area contributed by atoms with E-state index in [1.807, 2.05) is 48.5 Å². The number of ether oxygens (including phenoxy) is 1. The Morgan fingerprint density at radius 2 is 1.82 bits per heavy atom. The fourth-order valence-corrected chi connectivity index (χ4v) is 2.07. The van der Waals surface area contributed by atoms with Gasteiger partial charge >= 0.3 is 0 Å². The summed E-state index contributed by atoms with van der Waals surface area (Å²) in [5.41, 5.74) is 2.92. The molecule has 0 saturated heterocycles. The van der Waals surface area contributed by atoms with Gasteiger partial charge in [-0.2, -0.15) is 0 Å². The van der Waals surface area contributed by atoms with Crippen LogP contribution in [-0.4, -0.2) is 19.6 Å². The van der Waals surface area contributed by atoms with Crippen LogP contribution in [0.5, 0.6) is 5.75 Å². The second-order valence-corrected chi connectivity index (χ2v) is 5.41. The van der Waals surface area contributed by atoms with Crippen molar-refractivity contribution >= 4 is 17.3 Å². The summed E-state index contributed by atoms with van der Waals surface area (Å²) in [5.74, 6) is 1.16. The first-order valence-electron chi connectivity index (χ1n) is 7.36. The molecular weight excluding hydrogens is 276 g/mol. The van der Waals surface area contributed by atoms with Crippen molar-refractivity contribution in [1.29, 1.82) is 0 Å². The van der Waals surface area contributed by atoms with Crippen LogP contribution in [0.15, 0.2) is 48.5 Å². The molecule has 4 heteroatoms. The van der Waals surface area contributed by atoms with E-state index in [-0.39, 0.29) is 12.5 Å². The molecule has 116 valence electrons. The highest BCUT2D eigenvalue weighted by atomic mass is 16.5. The molecule has 22 heavy (non-hydrogen) atoms. The molecule has 0 radical (unpaired) electrons. The maximum absolute atomic E-state index is 12.0. The van der Waals surface area contributed by atoms with Crippen LogP contribution in [0.3, 0.4) is 0 Å². The third-order valence-electron chi connectivity index (χ3n) is 3.38. The molecule has 2 N–H and O–H groups in total. The Morgan fingerprint density at radius 1 is 1.09 bits per heavy atom. The number of benzene rings is 2. The minimum absolute atomic E-state index is 0.0832. The molecule has 0 spiro atoms. The molecule has 4 nitrogen and oxygen atoms in total. The van der Waals surface area contributed by atoms with Crippen LogP contribution < -0.4 is 15.4 Å². The monoisotopic (exact) mass is 298 g/mol. The van der Waals surface area contributed by atoms with Crippen molar-refractivity contribution in [3.05, 3.63) is 54.1 Å². The second kappa shape index (κ2) is 7.50. The number of carbonyl (C=O) groups is 1. The molecule has 0 aromatic heterocycles. The number of methoxy groups -OCH3 is 1. The third kappa shape index (κ3) is 4.52. The molecule has 1 amide bonds. The Bertz CT molecular complexity index is 621. The van der Waals surface area contributed by atoms with Crippen molar-refractivity contribution in [3.63, 3.8) is 0 Å².